The summed E-state index contributed by atoms with van der Waals surface area (Å²) in [6, 6.07) is 45.2. The third kappa shape index (κ3) is 16.8. The molecule has 137 heavy (non-hydrogen) atoms. The van der Waals surface area contributed by atoms with Crippen LogP contribution in [0.5, 0.6) is 0 Å². The fraction of sp³-hybridized carbons (Fsp3) is 0.168. The van der Waals surface area contributed by atoms with Crippen molar-refractivity contribution < 1.29 is 88.5 Å². The van der Waals surface area contributed by atoms with Gasteiger partial charge in [0.15, 0.2) is 23.3 Å². The molecule has 2 N–H and O–H groups in total. The second kappa shape index (κ2) is 37.2. The summed E-state index contributed by atoms with van der Waals surface area (Å²) in [6.45, 7) is 36.3. The molecule has 0 amide bonds. The quantitative estimate of drug-likeness (QED) is 0.0123. The van der Waals surface area contributed by atoms with Gasteiger partial charge in [-0.1, -0.05) is 140 Å². The van der Waals surface area contributed by atoms with E-state index in [9.17, 15) is 18.2 Å². The summed E-state index contributed by atoms with van der Waals surface area (Å²) in [5, 5.41) is 16.3. The zero-order chi connectivity index (χ0) is 94.7. The van der Waals surface area contributed by atoms with E-state index in [1.807, 2.05) is 191 Å². The van der Waals surface area contributed by atoms with Crippen LogP contribution >= 0.6 is 12.0 Å². The van der Waals surface area contributed by atoms with Crippen LogP contribution < -0.4 is 30.9 Å². The number of aryl methyl sites for hydroxylation is 14. The van der Waals surface area contributed by atoms with E-state index in [-0.39, 0.29) is 84.8 Å². The maximum atomic E-state index is 16.7. The number of hydrogen-bond donors (Lipinski definition) is 1. The van der Waals surface area contributed by atoms with E-state index in [1.165, 1.54) is 24.3 Å². The van der Waals surface area contributed by atoms with Crippen LogP contribution in [0.2, 0.25) is 0 Å². The third-order valence-electron chi connectivity index (χ3n) is 26.7. The molecule has 0 fully saturated rings. The topological polar surface area (TPSA) is 233 Å². The van der Waals surface area contributed by atoms with E-state index < -0.39 is 55.2 Å². The molecule has 15 aromatic rings. The minimum absolute atomic E-state index is 0. The van der Waals surface area contributed by atoms with E-state index in [0.29, 0.717) is 157 Å². The first-order valence-electron chi connectivity index (χ1n) is 43.8. The van der Waals surface area contributed by atoms with E-state index in [2.05, 4.69) is 84.7 Å². The minimum atomic E-state index is -5.41. The van der Waals surface area contributed by atoms with Gasteiger partial charge in [-0.3, -0.25) is 5.04 Å². The molecule has 19 rings (SSSR count). The second-order valence-electron chi connectivity index (χ2n) is 35.6. The number of nitrogens with two attached hydrogens (primary N) is 1. The summed E-state index contributed by atoms with van der Waals surface area (Å²) in [5.41, 5.74) is 40.1. The number of anilines is 1. The van der Waals surface area contributed by atoms with E-state index in [0.717, 1.165) is 117 Å². The molecule has 4 aliphatic heterocycles. The molecule has 0 spiro atoms. The zero-order valence-electron chi connectivity index (χ0n) is 78.2. The van der Waals surface area contributed by atoms with Crippen LogP contribution in [0.3, 0.4) is 0 Å². The summed E-state index contributed by atoms with van der Waals surface area (Å²) >= 11 is 0.544. The van der Waals surface area contributed by atoms with Crippen LogP contribution in [0.1, 0.15) is 153 Å². The van der Waals surface area contributed by atoms with Gasteiger partial charge in [0.2, 0.25) is 5.82 Å². The van der Waals surface area contributed by atoms with E-state index >= 15 is 22.0 Å². The molecule has 0 unspecified atom stereocenters. The molecule has 0 saturated carbocycles. The van der Waals surface area contributed by atoms with Crippen molar-refractivity contribution in [3.05, 3.63) is 320 Å². The number of aromatic nitrogens is 8. The molecule has 0 aliphatic carbocycles. The molecule has 9 aromatic carbocycles. The molecule has 24 heteroatoms. The minimum Gasteiger partial charge on any atom is -0.744 e. The Morgan fingerprint density at radius 3 is 0.847 bits per heavy atom. The van der Waals surface area contributed by atoms with Gasteiger partial charge in [-0.15, -0.1) is 44.1 Å². The largest absolute Gasteiger partial charge is 2.00 e. The van der Waals surface area contributed by atoms with Crippen molar-refractivity contribution in [2.75, 3.05) is 5.73 Å². The molecule has 0 radical (unpaired) electrons. The molecule has 10 heterocycles. The number of hydrogen-bond acceptors (Lipinski definition) is 12. The van der Waals surface area contributed by atoms with Crippen LogP contribution in [0.15, 0.2) is 155 Å². The van der Waals surface area contributed by atoms with Crippen molar-refractivity contribution in [3.8, 4) is 111 Å². The van der Waals surface area contributed by atoms with Gasteiger partial charge in [-0.25, -0.2) is 50.3 Å². The zero-order valence-corrected chi connectivity index (χ0v) is 85.8. The van der Waals surface area contributed by atoms with Crippen LogP contribution in [0, 0.1) is 154 Å². The number of rotatable bonds is 14. The van der Waals surface area contributed by atoms with Gasteiger partial charge in [0.1, 0.15) is 10.1 Å². The predicted molar refractivity (Wildman–Crippen MR) is 534 cm³/mol. The molecule has 15 nitrogen and oxygen atoms in total. The van der Waals surface area contributed by atoms with Gasteiger partial charge < -0.3 is 35.5 Å². The first-order valence-corrected chi connectivity index (χ1v) is 45.9. The van der Waals surface area contributed by atoms with Crippen molar-refractivity contribution in [2.45, 2.75) is 142 Å². The van der Waals surface area contributed by atoms with Gasteiger partial charge in [0.05, 0.1) is 68.1 Å². The molecular formula is C113H92F5N9O6S2Zn2-2. The van der Waals surface area contributed by atoms with Gasteiger partial charge in [-0.2, -0.15) is 4.33 Å². The fourth-order valence-corrected chi connectivity index (χ4v) is 21.7. The summed E-state index contributed by atoms with van der Waals surface area (Å²) < 4.78 is 128. The molecular weight excluding hydrogens is 1870 g/mol. The maximum Gasteiger partial charge on any atom is 2.00 e. The SMILES string of the molecule is C.Cc1cc(C)c(-c2c3nc(c(-c4c(F)c(F)c(F)c(F)c4F)c4ccc([n-]4)c(-c4c(C)cc(C)cc4C)c4nc(c(-c5c(C)cc(-c6cc(SOO[O-])c(-c7cc(C)c(-c8c9nc(c(-c%10c(C)c(C)cc(C)c%10C)c%10ccc([n-]%10)c(-c%10ccc(N)cc%10)c%10nc(c(-c%11c(C)c(C)cc(C)c%11C)c%11ccc8[n-]%11)C=C%10)C=C9)c(C)c7)cc6S(=O)(=O)[O-])cc5C)c5ccc2[n-]5)C=C4)C=C3)c(C)c1.[Zn+2].[Zn+2]. The molecule has 6 aromatic heterocycles. The molecule has 16 bridgehead atoms. The number of benzene rings is 9. The summed E-state index contributed by atoms with van der Waals surface area (Å²) in [7, 11) is -5.41. The first kappa shape index (κ1) is 97.1. The fourth-order valence-electron chi connectivity index (χ4n) is 20.4. The predicted octanol–water partition coefficient (Wildman–Crippen LogP) is 27.4. The number of nitrogens with zero attached hydrogens (tertiary/aromatic N) is 8. The Kier molecular flexibility index (Phi) is 26.3. The van der Waals surface area contributed by atoms with Crippen molar-refractivity contribution >= 4 is 121 Å². The Bertz CT molecular complexity index is 8100. The van der Waals surface area contributed by atoms with Crippen molar-refractivity contribution in [1.29, 1.82) is 0 Å². The van der Waals surface area contributed by atoms with Crippen molar-refractivity contribution in [2.24, 2.45) is 0 Å². The Balaban J connectivity index is 0.00000453. The van der Waals surface area contributed by atoms with Crippen LogP contribution in [-0.4, -0.2) is 32.9 Å². The third-order valence-corrected chi connectivity index (χ3v) is 28.2. The van der Waals surface area contributed by atoms with Gasteiger partial charge >= 0.3 is 39.0 Å². The van der Waals surface area contributed by atoms with Gasteiger partial charge in [0, 0.05) is 16.1 Å². The van der Waals surface area contributed by atoms with Crippen molar-refractivity contribution in [1.82, 2.24) is 39.9 Å². The summed E-state index contributed by atoms with van der Waals surface area (Å²) in [6.07, 6.45) is 14.9. The summed E-state index contributed by atoms with van der Waals surface area (Å²) in [5.74, 6) is -10.7. The van der Waals surface area contributed by atoms with E-state index in [1.54, 1.807) is 24.3 Å². The maximum absolute atomic E-state index is 16.7. The number of nitrogen functional groups attached to an aromatic ring is 1. The Hall–Kier alpha value is -13.0. The monoisotopic (exact) mass is 1960 g/mol. The van der Waals surface area contributed by atoms with Gasteiger partial charge in [0.25, 0.3) is 0 Å². The Morgan fingerprint density at radius 2 is 0.555 bits per heavy atom. The number of halogens is 5. The van der Waals surface area contributed by atoms with Crippen LogP contribution in [0.25, 0.3) is 204 Å². The van der Waals surface area contributed by atoms with Crippen LogP contribution in [0.4, 0.5) is 27.6 Å². The first-order chi connectivity index (χ1) is 63.9. The molecule has 678 valence electrons. The van der Waals surface area contributed by atoms with Gasteiger partial charge in [-0.05, 0) is 387 Å². The average Bonchev–Trinajstić information content (AvgIpc) is 1.55. The van der Waals surface area contributed by atoms with Crippen molar-refractivity contribution in [3.63, 3.8) is 0 Å². The Labute approximate surface area is 821 Å². The average molecular weight is 1960 g/mol. The second-order valence-corrected chi connectivity index (χ2v) is 37.7. The molecule has 0 saturated heterocycles. The molecule has 0 atom stereocenters. The molecule has 4 aliphatic rings. The normalized spacial score (nSPS) is 12.2. The number of fused-ring (bicyclic) bond motifs is 16. The standard InChI is InChI=1S/C112H90F5N9O6S2.CH4.2Zn/c1-51-39-57(7)93(58(8)40-51)100-77-27-29-81(121-77)102(82-30-28-78(122-82)101(94-59(9)41-52(2)42-60(94)10)80-34-38-90(126-80)106(89-37-33-79(100)125-89)107-108(113)110(115)112(117)111(116)109(107)114)96-63(13)47-71(48-64(96)14)74-49-91(133-132-131-127)73(50-92(74)134(128,129)130)70-45-61(11)95(62(12)46-70)103-83-31-35-87(123-83)104(97-65(15)53(3)43-54(4)66(97)16)85-25-23-75(119-85)99(69-19-21-72(118)22-20-69)76-24-26-86(120-76)105(88-36-32-84(103)124-88)98-67(17)55(5)44-56(6)68(98)18;;;/h19-50,127H,118H2,1-18H3,(H,128,129,130);1H4;;/q-4;;2*+2/p-2. The van der Waals surface area contributed by atoms with Crippen LogP contribution in [-0.2, 0) is 58.4 Å². The Morgan fingerprint density at radius 1 is 0.299 bits per heavy atom. The van der Waals surface area contributed by atoms with E-state index in [4.69, 9.17) is 49.9 Å². The summed E-state index contributed by atoms with van der Waals surface area (Å²) in [4.78, 5) is 43.4. The smallest absolute Gasteiger partial charge is 0.744 e.